The van der Waals surface area contributed by atoms with Crippen molar-refractivity contribution in [3.8, 4) is 0 Å². The minimum atomic E-state index is 0.382. The highest BCUT2D eigenvalue weighted by Crippen LogP contribution is 2.40. The Morgan fingerprint density at radius 1 is 1.24 bits per heavy atom. The molecule has 2 rings (SSSR count). The summed E-state index contributed by atoms with van der Waals surface area (Å²) >= 11 is 0. The summed E-state index contributed by atoms with van der Waals surface area (Å²) in [7, 11) is 3.66. The van der Waals surface area contributed by atoms with E-state index in [1.165, 1.54) is 25.7 Å². The molecular formula is C19H38N4O2. The van der Waals surface area contributed by atoms with Crippen LogP contribution >= 0.6 is 0 Å². The summed E-state index contributed by atoms with van der Waals surface area (Å²) in [6, 6.07) is 0. The summed E-state index contributed by atoms with van der Waals surface area (Å²) in [6.45, 7) is 10.1. The van der Waals surface area contributed by atoms with Gasteiger partial charge in [0, 0.05) is 53.5 Å². The van der Waals surface area contributed by atoms with Crippen molar-refractivity contribution in [1.29, 1.82) is 0 Å². The summed E-state index contributed by atoms with van der Waals surface area (Å²) in [5.41, 5.74) is 0.382. The largest absolute Gasteiger partial charge is 0.385 e. The lowest BCUT2D eigenvalue weighted by atomic mass is 9.83. The zero-order valence-electron chi connectivity index (χ0n) is 16.5. The summed E-state index contributed by atoms with van der Waals surface area (Å²) < 4.78 is 10.7. The van der Waals surface area contributed by atoms with E-state index in [9.17, 15) is 0 Å². The molecule has 0 aromatic rings. The van der Waals surface area contributed by atoms with Crippen LogP contribution in [0.3, 0.4) is 0 Å². The molecule has 0 radical (unpaired) electrons. The van der Waals surface area contributed by atoms with Gasteiger partial charge in [-0.2, -0.15) is 0 Å². The average molecular weight is 355 g/mol. The lowest BCUT2D eigenvalue weighted by Gasteiger charge is -2.31. The van der Waals surface area contributed by atoms with Crippen LogP contribution in [0, 0.1) is 11.3 Å². The highest BCUT2D eigenvalue weighted by molar-refractivity contribution is 5.79. The predicted molar refractivity (Wildman–Crippen MR) is 103 cm³/mol. The Labute approximate surface area is 153 Å². The number of hydrogen-bond acceptors (Lipinski definition) is 4. The van der Waals surface area contributed by atoms with E-state index in [0.717, 1.165) is 64.9 Å². The summed E-state index contributed by atoms with van der Waals surface area (Å²) in [6.07, 6.45) is 6.42. The SMILES string of the molecule is CN=C(NCC(C)CN1CCOCC1)NCC1(CCOC)CCCC1. The van der Waals surface area contributed by atoms with Crippen LogP contribution in [0.1, 0.15) is 39.0 Å². The van der Waals surface area contributed by atoms with E-state index in [1.54, 1.807) is 7.11 Å². The monoisotopic (exact) mass is 354 g/mol. The Hall–Kier alpha value is -0.850. The van der Waals surface area contributed by atoms with Gasteiger partial charge in [0.2, 0.25) is 0 Å². The molecule has 6 heteroatoms. The number of morpholine rings is 1. The fraction of sp³-hybridized carbons (Fsp3) is 0.947. The molecule has 2 N–H and O–H groups in total. The van der Waals surface area contributed by atoms with Crippen molar-refractivity contribution in [3.63, 3.8) is 0 Å². The van der Waals surface area contributed by atoms with E-state index in [-0.39, 0.29) is 0 Å². The molecule has 146 valence electrons. The molecule has 1 unspecified atom stereocenters. The number of nitrogens with one attached hydrogen (secondary N) is 2. The normalized spacial score (nSPS) is 22.8. The molecule has 0 aromatic heterocycles. The zero-order chi connectivity index (χ0) is 18.0. The maximum absolute atomic E-state index is 5.42. The number of guanidine groups is 1. The van der Waals surface area contributed by atoms with Gasteiger partial charge in [0.25, 0.3) is 0 Å². The quantitative estimate of drug-likeness (QED) is 0.488. The number of aliphatic imine (C=N–C) groups is 1. The third-order valence-corrected chi connectivity index (χ3v) is 5.65. The van der Waals surface area contributed by atoms with Gasteiger partial charge in [-0.05, 0) is 30.6 Å². The van der Waals surface area contributed by atoms with Crippen LogP contribution in [-0.2, 0) is 9.47 Å². The van der Waals surface area contributed by atoms with Crippen LogP contribution < -0.4 is 10.6 Å². The smallest absolute Gasteiger partial charge is 0.191 e. The molecule has 6 nitrogen and oxygen atoms in total. The van der Waals surface area contributed by atoms with Gasteiger partial charge in [-0.25, -0.2) is 0 Å². The van der Waals surface area contributed by atoms with E-state index in [4.69, 9.17) is 9.47 Å². The molecule has 0 aromatic carbocycles. The second kappa shape index (κ2) is 11.0. The maximum atomic E-state index is 5.42. The van der Waals surface area contributed by atoms with Crippen LogP contribution in [0.15, 0.2) is 4.99 Å². The topological polar surface area (TPSA) is 58.1 Å². The first-order valence-corrected chi connectivity index (χ1v) is 9.91. The maximum Gasteiger partial charge on any atom is 0.191 e. The number of ether oxygens (including phenoxy) is 2. The highest BCUT2D eigenvalue weighted by Gasteiger charge is 2.33. The molecule has 25 heavy (non-hydrogen) atoms. The molecular weight excluding hydrogens is 316 g/mol. The molecule has 1 saturated carbocycles. The van der Waals surface area contributed by atoms with Crippen LogP contribution in [-0.4, -0.2) is 77.6 Å². The molecule has 1 saturated heterocycles. The Morgan fingerprint density at radius 2 is 1.96 bits per heavy atom. The summed E-state index contributed by atoms with van der Waals surface area (Å²) in [4.78, 5) is 6.90. The van der Waals surface area contributed by atoms with Crippen LogP contribution in [0.25, 0.3) is 0 Å². The zero-order valence-corrected chi connectivity index (χ0v) is 16.5. The fourth-order valence-electron chi connectivity index (χ4n) is 4.01. The first kappa shape index (κ1) is 20.5. The molecule has 1 aliphatic heterocycles. The summed E-state index contributed by atoms with van der Waals surface area (Å²) in [5, 5.41) is 7.08. The molecule has 1 heterocycles. The Bertz CT molecular complexity index is 391. The van der Waals surface area contributed by atoms with Crippen molar-refractivity contribution >= 4 is 5.96 Å². The molecule has 0 bridgehead atoms. The van der Waals surface area contributed by atoms with Crippen molar-refractivity contribution in [2.24, 2.45) is 16.3 Å². The van der Waals surface area contributed by atoms with Crippen LogP contribution in [0.5, 0.6) is 0 Å². The van der Waals surface area contributed by atoms with Crippen molar-refractivity contribution in [2.75, 3.05) is 66.7 Å². The van der Waals surface area contributed by atoms with E-state index in [2.05, 4.69) is 27.4 Å². The van der Waals surface area contributed by atoms with Gasteiger partial charge >= 0.3 is 0 Å². The minimum absolute atomic E-state index is 0.382. The number of rotatable bonds is 9. The molecule has 2 fully saturated rings. The van der Waals surface area contributed by atoms with E-state index in [1.807, 2.05) is 7.05 Å². The van der Waals surface area contributed by atoms with Gasteiger partial charge < -0.3 is 20.1 Å². The molecule has 2 aliphatic rings. The molecule has 1 aliphatic carbocycles. The van der Waals surface area contributed by atoms with Crippen LogP contribution in [0.2, 0.25) is 0 Å². The number of hydrogen-bond donors (Lipinski definition) is 2. The molecule has 0 spiro atoms. The highest BCUT2D eigenvalue weighted by atomic mass is 16.5. The number of nitrogens with zero attached hydrogens (tertiary/aromatic N) is 2. The third kappa shape index (κ3) is 7.12. The van der Waals surface area contributed by atoms with Crippen molar-refractivity contribution in [3.05, 3.63) is 0 Å². The fourth-order valence-corrected chi connectivity index (χ4v) is 4.01. The lowest BCUT2D eigenvalue weighted by Crippen LogP contribution is -2.46. The Morgan fingerprint density at radius 3 is 2.60 bits per heavy atom. The van der Waals surface area contributed by atoms with Gasteiger partial charge in [-0.1, -0.05) is 19.8 Å². The first-order chi connectivity index (χ1) is 12.2. The number of methoxy groups -OCH3 is 1. The third-order valence-electron chi connectivity index (χ3n) is 5.65. The minimum Gasteiger partial charge on any atom is -0.385 e. The molecule has 1 atom stereocenters. The van der Waals surface area contributed by atoms with Gasteiger partial charge in [-0.3, -0.25) is 9.89 Å². The second-order valence-corrected chi connectivity index (χ2v) is 7.77. The lowest BCUT2D eigenvalue weighted by molar-refractivity contribution is 0.0320. The first-order valence-electron chi connectivity index (χ1n) is 9.91. The van der Waals surface area contributed by atoms with E-state index >= 15 is 0 Å². The second-order valence-electron chi connectivity index (χ2n) is 7.77. The van der Waals surface area contributed by atoms with Crippen molar-refractivity contribution in [2.45, 2.75) is 39.0 Å². The van der Waals surface area contributed by atoms with E-state index in [0.29, 0.717) is 11.3 Å². The van der Waals surface area contributed by atoms with Gasteiger partial charge in [0.1, 0.15) is 0 Å². The van der Waals surface area contributed by atoms with Gasteiger partial charge in [-0.15, -0.1) is 0 Å². The molecule has 0 amide bonds. The van der Waals surface area contributed by atoms with Gasteiger partial charge in [0.05, 0.1) is 13.2 Å². The Kier molecular flexibility index (Phi) is 8.99. The van der Waals surface area contributed by atoms with Gasteiger partial charge in [0.15, 0.2) is 5.96 Å². The standard InChI is InChI=1S/C19H38N4O2/c1-17(15-23-9-12-25-13-10-23)14-21-18(20-2)22-16-19(8-11-24-3)6-4-5-7-19/h17H,4-16H2,1-3H3,(H2,20,21,22). The predicted octanol–water partition coefficient (Wildman–Crippen LogP) is 1.72. The average Bonchev–Trinajstić information content (AvgIpc) is 3.10. The Balaban J connectivity index is 1.70. The van der Waals surface area contributed by atoms with Crippen molar-refractivity contribution < 1.29 is 9.47 Å². The van der Waals surface area contributed by atoms with Crippen molar-refractivity contribution in [1.82, 2.24) is 15.5 Å². The summed E-state index contributed by atoms with van der Waals surface area (Å²) in [5.74, 6) is 1.52. The van der Waals surface area contributed by atoms with Crippen LogP contribution in [0.4, 0.5) is 0 Å². The van der Waals surface area contributed by atoms with E-state index < -0.39 is 0 Å².